The lowest BCUT2D eigenvalue weighted by Gasteiger charge is -2.07. The molecule has 22 heavy (non-hydrogen) atoms. The number of nitrogens with one attached hydrogen (secondary N) is 1. The van der Waals surface area contributed by atoms with Crippen LogP contribution in [-0.4, -0.2) is 15.0 Å². The standard InChI is InChI=1S/C15H15ClN6/c16-10-3-1-2-9(6-10)7-19-8-11-4-5-12-13(20-11)14(17)22-15(18)21-12/h1-6,19H,7-8H2,(H4,17,18,21,22). The van der Waals surface area contributed by atoms with E-state index in [0.29, 0.717) is 29.9 Å². The van der Waals surface area contributed by atoms with Crippen molar-refractivity contribution < 1.29 is 0 Å². The third-order valence-corrected chi connectivity index (χ3v) is 3.40. The minimum absolute atomic E-state index is 0.152. The molecule has 5 N–H and O–H groups in total. The maximum Gasteiger partial charge on any atom is 0.222 e. The van der Waals surface area contributed by atoms with E-state index < -0.39 is 0 Å². The summed E-state index contributed by atoms with van der Waals surface area (Å²) < 4.78 is 0. The molecule has 2 aromatic heterocycles. The van der Waals surface area contributed by atoms with Crippen LogP contribution in [0.3, 0.4) is 0 Å². The molecule has 0 radical (unpaired) electrons. The van der Waals surface area contributed by atoms with E-state index in [2.05, 4.69) is 20.3 Å². The Bertz CT molecular complexity index is 820. The fourth-order valence-corrected chi connectivity index (χ4v) is 2.39. The third-order valence-electron chi connectivity index (χ3n) is 3.17. The summed E-state index contributed by atoms with van der Waals surface area (Å²) in [5.41, 5.74) is 14.6. The van der Waals surface area contributed by atoms with Gasteiger partial charge in [0.2, 0.25) is 5.95 Å². The van der Waals surface area contributed by atoms with Gasteiger partial charge in [-0.15, -0.1) is 0 Å². The van der Waals surface area contributed by atoms with Crippen molar-refractivity contribution in [3.05, 3.63) is 52.7 Å². The lowest BCUT2D eigenvalue weighted by Crippen LogP contribution is -2.14. The summed E-state index contributed by atoms with van der Waals surface area (Å²) in [5.74, 6) is 0.442. The van der Waals surface area contributed by atoms with Crippen molar-refractivity contribution >= 4 is 34.4 Å². The monoisotopic (exact) mass is 314 g/mol. The number of halogens is 1. The fraction of sp³-hybridized carbons (Fsp3) is 0.133. The number of nitrogen functional groups attached to an aromatic ring is 2. The molecule has 0 saturated heterocycles. The number of fused-ring (bicyclic) bond motifs is 1. The summed E-state index contributed by atoms with van der Waals surface area (Å²) in [6.07, 6.45) is 0. The Balaban J connectivity index is 1.72. The Kier molecular flexibility index (Phi) is 4.04. The molecule has 7 heteroatoms. The fourth-order valence-electron chi connectivity index (χ4n) is 2.18. The molecule has 2 heterocycles. The molecule has 0 bridgehead atoms. The van der Waals surface area contributed by atoms with Crippen LogP contribution in [0.5, 0.6) is 0 Å². The molecule has 0 aliphatic heterocycles. The zero-order valence-electron chi connectivity index (χ0n) is 11.8. The van der Waals surface area contributed by atoms with Gasteiger partial charge in [-0.1, -0.05) is 23.7 Å². The molecule has 0 aliphatic rings. The maximum absolute atomic E-state index is 5.96. The van der Waals surface area contributed by atoms with Crippen molar-refractivity contribution in [3.63, 3.8) is 0 Å². The van der Waals surface area contributed by atoms with Gasteiger partial charge in [-0.25, -0.2) is 9.97 Å². The third kappa shape index (κ3) is 3.24. The smallest absolute Gasteiger partial charge is 0.222 e. The largest absolute Gasteiger partial charge is 0.382 e. The second kappa shape index (κ2) is 6.13. The normalized spacial score (nSPS) is 11.0. The number of aromatic nitrogens is 3. The number of hydrogen-bond donors (Lipinski definition) is 3. The Morgan fingerprint density at radius 3 is 2.68 bits per heavy atom. The van der Waals surface area contributed by atoms with E-state index in [1.54, 1.807) is 0 Å². The van der Waals surface area contributed by atoms with Crippen LogP contribution in [0.15, 0.2) is 36.4 Å². The predicted molar refractivity (Wildman–Crippen MR) is 88.2 cm³/mol. The number of anilines is 2. The highest BCUT2D eigenvalue weighted by Crippen LogP contribution is 2.17. The van der Waals surface area contributed by atoms with Crippen molar-refractivity contribution in [1.82, 2.24) is 20.3 Å². The summed E-state index contributed by atoms with van der Waals surface area (Å²) >= 11 is 5.96. The van der Waals surface area contributed by atoms with Gasteiger partial charge < -0.3 is 16.8 Å². The minimum Gasteiger partial charge on any atom is -0.382 e. The SMILES string of the molecule is Nc1nc(N)c2nc(CNCc3cccc(Cl)c3)ccc2n1. The lowest BCUT2D eigenvalue weighted by atomic mass is 10.2. The van der Waals surface area contributed by atoms with Gasteiger partial charge in [-0.05, 0) is 29.8 Å². The molecule has 0 aliphatic carbocycles. The van der Waals surface area contributed by atoms with Gasteiger partial charge in [0.25, 0.3) is 0 Å². The van der Waals surface area contributed by atoms with Crippen LogP contribution in [0.4, 0.5) is 11.8 Å². The summed E-state index contributed by atoms with van der Waals surface area (Å²) in [4.78, 5) is 12.5. The summed E-state index contributed by atoms with van der Waals surface area (Å²) in [7, 11) is 0. The van der Waals surface area contributed by atoms with E-state index in [-0.39, 0.29) is 5.95 Å². The summed E-state index contributed by atoms with van der Waals surface area (Å²) in [6, 6.07) is 11.4. The van der Waals surface area contributed by atoms with Gasteiger partial charge in [0.05, 0.1) is 11.2 Å². The molecule has 1 aromatic carbocycles. The second-order valence-corrected chi connectivity index (χ2v) is 5.31. The summed E-state index contributed by atoms with van der Waals surface area (Å²) in [6.45, 7) is 1.31. The van der Waals surface area contributed by atoms with Crippen molar-refractivity contribution in [1.29, 1.82) is 0 Å². The first-order valence-corrected chi connectivity index (χ1v) is 7.13. The molecule has 0 spiro atoms. The van der Waals surface area contributed by atoms with E-state index in [9.17, 15) is 0 Å². The van der Waals surface area contributed by atoms with Crippen LogP contribution in [0.2, 0.25) is 5.02 Å². The van der Waals surface area contributed by atoms with Gasteiger partial charge in [0.15, 0.2) is 5.82 Å². The molecule has 0 saturated carbocycles. The van der Waals surface area contributed by atoms with E-state index in [4.69, 9.17) is 23.1 Å². The molecule has 112 valence electrons. The molecule has 0 fully saturated rings. The number of nitrogens with zero attached hydrogens (tertiary/aromatic N) is 3. The van der Waals surface area contributed by atoms with E-state index in [1.807, 2.05) is 36.4 Å². The van der Waals surface area contributed by atoms with Gasteiger partial charge in [-0.3, -0.25) is 0 Å². The second-order valence-electron chi connectivity index (χ2n) is 4.87. The molecule has 3 aromatic rings. The van der Waals surface area contributed by atoms with Crippen LogP contribution in [0.1, 0.15) is 11.3 Å². The van der Waals surface area contributed by atoms with Crippen molar-refractivity contribution in [2.45, 2.75) is 13.1 Å². The topological polar surface area (TPSA) is 103 Å². The average Bonchev–Trinajstić information content (AvgIpc) is 2.48. The zero-order valence-corrected chi connectivity index (χ0v) is 12.5. The Morgan fingerprint density at radius 2 is 1.86 bits per heavy atom. The molecule has 3 rings (SSSR count). The van der Waals surface area contributed by atoms with Gasteiger partial charge >= 0.3 is 0 Å². The number of rotatable bonds is 4. The minimum atomic E-state index is 0.152. The first-order chi connectivity index (χ1) is 10.6. The first kappa shape index (κ1) is 14.5. The number of pyridine rings is 1. The van der Waals surface area contributed by atoms with Crippen LogP contribution in [-0.2, 0) is 13.1 Å². The Labute approximate surface area is 132 Å². The van der Waals surface area contributed by atoms with Crippen molar-refractivity contribution in [2.24, 2.45) is 0 Å². The van der Waals surface area contributed by atoms with E-state index in [0.717, 1.165) is 16.3 Å². The van der Waals surface area contributed by atoms with Crippen LogP contribution in [0, 0.1) is 0 Å². The Hall–Kier alpha value is -2.44. The number of hydrogen-bond acceptors (Lipinski definition) is 6. The predicted octanol–water partition coefficient (Wildman–Crippen LogP) is 2.13. The zero-order chi connectivity index (χ0) is 15.5. The molecule has 0 atom stereocenters. The number of nitrogens with two attached hydrogens (primary N) is 2. The van der Waals surface area contributed by atoms with Crippen LogP contribution < -0.4 is 16.8 Å². The van der Waals surface area contributed by atoms with E-state index in [1.165, 1.54) is 0 Å². The Morgan fingerprint density at radius 1 is 1.00 bits per heavy atom. The van der Waals surface area contributed by atoms with Gasteiger partial charge in [-0.2, -0.15) is 4.98 Å². The van der Waals surface area contributed by atoms with Gasteiger partial charge in [0, 0.05) is 18.1 Å². The quantitative estimate of drug-likeness (QED) is 0.681. The molecular formula is C15H15ClN6. The van der Waals surface area contributed by atoms with Gasteiger partial charge in [0.1, 0.15) is 5.52 Å². The lowest BCUT2D eigenvalue weighted by molar-refractivity contribution is 0.681. The highest BCUT2D eigenvalue weighted by atomic mass is 35.5. The molecular weight excluding hydrogens is 300 g/mol. The molecule has 0 unspecified atom stereocenters. The van der Waals surface area contributed by atoms with Crippen LogP contribution >= 0.6 is 11.6 Å². The summed E-state index contributed by atoms with van der Waals surface area (Å²) in [5, 5.41) is 4.04. The average molecular weight is 315 g/mol. The van der Waals surface area contributed by atoms with Crippen LogP contribution in [0.25, 0.3) is 11.0 Å². The molecule has 0 amide bonds. The number of benzene rings is 1. The van der Waals surface area contributed by atoms with Crippen molar-refractivity contribution in [2.75, 3.05) is 11.5 Å². The molecule has 6 nitrogen and oxygen atoms in total. The first-order valence-electron chi connectivity index (χ1n) is 6.75. The van der Waals surface area contributed by atoms with Crippen molar-refractivity contribution in [3.8, 4) is 0 Å². The highest BCUT2D eigenvalue weighted by Gasteiger charge is 2.06. The van der Waals surface area contributed by atoms with E-state index >= 15 is 0 Å². The maximum atomic E-state index is 5.96. The highest BCUT2D eigenvalue weighted by molar-refractivity contribution is 6.30.